The molecule has 9 nitrogen and oxygen atoms in total. The number of esters is 1. The van der Waals surface area contributed by atoms with E-state index in [1.54, 1.807) is 32.3 Å². The van der Waals surface area contributed by atoms with E-state index in [0.717, 1.165) is 0 Å². The van der Waals surface area contributed by atoms with E-state index in [1.165, 1.54) is 24.5 Å². The van der Waals surface area contributed by atoms with E-state index >= 15 is 0 Å². The van der Waals surface area contributed by atoms with Crippen molar-refractivity contribution in [3.8, 4) is 5.75 Å². The second kappa shape index (κ2) is 15.1. The molecule has 0 fully saturated rings. The van der Waals surface area contributed by atoms with Crippen molar-refractivity contribution < 1.29 is 14.3 Å². The van der Waals surface area contributed by atoms with E-state index in [4.69, 9.17) is 73.8 Å². The summed E-state index contributed by atoms with van der Waals surface area (Å²) in [6.07, 6.45) is 7.64. The number of halogens is 4. The highest BCUT2D eigenvalue weighted by atomic mass is 35.5. The van der Waals surface area contributed by atoms with Crippen molar-refractivity contribution in [1.29, 1.82) is 0 Å². The number of nitrogens with two attached hydrogens (primary N) is 1. The predicted molar refractivity (Wildman–Crippen MR) is 162 cm³/mol. The number of aromatic nitrogens is 1. The van der Waals surface area contributed by atoms with Gasteiger partial charge >= 0.3 is 5.97 Å². The zero-order chi connectivity index (χ0) is 28.3. The van der Waals surface area contributed by atoms with Gasteiger partial charge in [-0.1, -0.05) is 46.4 Å². The van der Waals surface area contributed by atoms with Crippen LogP contribution in [0.15, 0.2) is 53.0 Å². The molecule has 202 valence electrons. The first-order chi connectivity index (χ1) is 18.1. The number of carbonyl (C=O) groups is 1. The molecular weight excluding hydrogens is 614 g/mol. The van der Waals surface area contributed by atoms with E-state index in [0.29, 0.717) is 44.5 Å². The lowest BCUT2D eigenvalue weighted by atomic mass is 10.1. The number of anilines is 3. The summed E-state index contributed by atoms with van der Waals surface area (Å²) in [5.41, 5.74) is 7.43. The molecule has 1 aliphatic heterocycles. The van der Waals surface area contributed by atoms with E-state index in [-0.39, 0.29) is 17.3 Å². The number of nitrogens with zero attached hydrogens (tertiary/aromatic N) is 2. The maximum absolute atomic E-state index is 12.2. The number of isothiocyanates is 1. The van der Waals surface area contributed by atoms with Crippen LogP contribution in [-0.2, 0) is 4.74 Å². The van der Waals surface area contributed by atoms with Crippen molar-refractivity contribution in [2.45, 2.75) is 18.8 Å². The number of dihydropyridines is 1. The Labute approximate surface area is 250 Å². The largest absolute Gasteiger partial charge is 0.493 e. The molecule has 0 aliphatic carbocycles. The van der Waals surface area contributed by atoms with Gasteiger partial charge in [0.15, 0.2) is 5.11 Å². The maximum Gasteiger partial charge on any atom is 0.341 e. The molecule has 1 aromatic heterocycles. The summed E-state index contributed by atoms with van der Waals surface area (Å²) in [4.78, 5) is 18.7. The molecule has 15 heteroatoms. The average molecular weight is 636 g/mol. The number of rotatable bonds is 7. The minimum absolute atomic E-state index is 0.177. The number of benzene rings is 1. The molecular formula is C23H22Cl4N6O3S2. The van der Waals surface area contributed by atoms with E-state index < -0.39 is 11.0 Å². The standard InChI is InChI=1S/C17H18Cl2N4O3S.C6H4Cl2N2S/c1-3-25-14-6-12(20)13(5-9(14)16(24)26-4-2)22-17(27)23-15-10(18)7-21-8-11(15)19;7-5-3-9-2-1-6(5,8)10-4-11/h5-8H,3-4,20H2,1-2H3,(H2,21,22,23,27);1-3,9H. The smallest absolute Gasteiger partial charge is 0.341 e. The highest BCUT2D eigenvalue weighted by Gasteiger charge is 2.28. The van der Waals surface area contributed by atoms with Crippen LogP contribution >= 0.6 is 70.8 Å². The Kier molecular flexibility index (Phi) is 12.5. The molecule has 0 bridgehead atoms. The zero-order valence-corrected chi connectivity index (χ0v) is 24.6. The van der Waals surface area contributed by atoms with Crippen LogP contribution in [0.1, 0.15) is 24.2 Å². The molecule has 0 spiro atoms. The van der Waals surface area contributed by atoms with Crippen molar-refractivity contribution in [2.24, 2.45) is 4.99 Å². The molecule has 1 unspecified atom stereocenters. The number of hydrogen-bond acceptors (Lipinski definition) is 9. The number of thiocarbonyl (C=S) groups is 2. The van der Waals surface area contributed by atoms with Crippen LogP contribution in [0.4, 0.5) is 17.1 Å². The number of nitrogen functional groups attached to an aromatic ring is 1. The van der Waals surface area contributed by atoms with Gasteiger partial charge in [-0.05, 0) is 50.4 Å². The third kappa shape index (κ3) is 8.71. The second-order valence-corrected chi connectivity index (χ2v) is 9.40. The Hall–Kier alpha value is -2.63. The summed E-state index contributed by atoms with van der Waals surface area (Å²) in [7, 11) is 0. The van der Waals surface area contributed by atoms with Crippen LogP contribution in [0.5, 0.6) is 5.75 Å². The first-order valence-electron chi connectivity index (χ1n) is 10.7. The molecule has 1 aliphatic rings. The highest BCUT2D eigenvalue weighted by molar-refractivity contribution is 7.80. The summed E-state index contributed by atoms with van der Waals surface area (Å²) >= 11 is 33.5. The first-order valence-corrected chi connectivity index (χ1v) is 13.1. The monoisotopic (exact) mass is 634 g/mol. The minimum atomic E-state index is -1.05. The lowest BCUT2D eigenvalue weighted by Crippen LogP contribution is -2.21. The Morgan fingerprint density at radius 3 is 2.47 bits per heavy atom. The number of ether oxygens (including phenoxy) is 2. The van der Waals surface area contributed by atoms with Gasteiger partial charge in [0.1, 0.15) is 11.3 Å². The quantitative estimate of drug-likeness (QED) is 0.0663. The minimum Gasteiger partial charge on any atom is -0.493 e. The van der Waals surface area contributed by atoms with Crippen molar-refractivity contribution in [3.05, 3.63) is 63.6 Å². The third-order valence-corrected chi connectivity index (χ3v) is 6.22. The third-order valence-electron chi connectivity index (χ3n) is 4.44. The van der Waals surface area contributed by atoms with Crippen LogP contribution in [0.3, 0.4) is 0 Å². The molecule has 0 saturated carbocycles. The maximum atomic E-state index is 12.2. The zero-order valence-electron chi connectivity index (χ0n) is 20.0. The molecule has 2 aromatic rings. The number of nitrogens with one attached hydrogen (secondary N) is 3. The number of carbonyl (C=O) groups excluding carboxylic acids is 1. The number of pyridine rings is 1. The predicted octanol–water partition coefficient (Wildman–Crippen LogP) is 6.58. The van der Waals surface area contributed by atoms with Crippen molar-refractivity contribution in [3.63, 3.8) is 0 Å². The van der Waals surface area contributed by atoms with Gasteiger partial charge in [-0.25, -0.2) is 4.79 Å². The normalized spacial score (nSPS) is 15.5. The van der Waals surface area contributed by atoms with Crippen LogP contribution in [0.2, 0.25) is 10.0 Å². The average Bonchev–Trinajstić information content (AvgIpc) is 2.86. The first kappa shape index (κ1) is 31.6. The highest BCUT2D eigenvalue weighted by Crippen LogP contribution is 2.33. The SMILES string of the molecule is CCOC(=O)c1cc(NC(=S)Nc2c(Cl)cncc2Cl)c(N)cc1OCC.S=C=NC1(Cl)C=CNC=C1Cl. The van der Waals surface area contributed by atoms with E-state index in [2.05, 4.69) is 43.3 Å². The molecule has 38 heavy (non-hydrogen) atoms. The Balaban J connectivity index is 0.000000384. The van der Waals surface area contributed by atoms with Gasteiger partial charge in [-0.2, -0.15) is 4.99 Å². The van der Waals surface area contributed by atoms with Gasteiger partial charge in [-0.3, -0.25) is 4.98 Å². The Morgan fingerprint density at radius 1 is 1.21 bits per heavy atom. The van der Waals surface area contributed by atoms with Crippen LogP contribution in [0.25, 0.3) is 0 Å². The molecule has 2 heterocycles. The van der Waals surface area contributed by atoms with Crippen LogP contribution in [-0.4, -0.2) is 39.4 Å². The van der Waals surface area contributed by atoms with Gasteiger partial charge < -0.3 is 31.2 Å². The summed E-state index contributed by atoms with van der Waals surface area (Å²) in [5, 5.41) is 11.9. The molecule has 0 saturated heterocycles. The van der Waals surface area contributed by atoms with Gasteiger partial charge in [-0.15, -0.1) is 0 Å². The fraction of sp³-hybridized carbons (Fsp3) is 0.217. The second-order valence-electron chi connectivity index (χ2n) is 7.02. The topological polar surface area (TPSA) is 123 Å². The molecule has 3 rings (SSSR count). The number of alkyl halides is 1. The Morgan fingerprint density at radius 2 is 1.89 bits per heavy atom. The van der Waals surface area contributed by atoms with Crippen LogP contribution in [0, 0.1) is 0 Å². The summed E-state index contributed by atoms with van der Waals surface area (Å²) in [6, 6.07) is 3.05. The lowest BCUT2D eigenvalue weighted by molar-refractivity contribution is 0.0522. The van der Waals surface area contributed by atoms with E-state index in [1.807, 2.05) is 0 Å². The van der Waals surface area contributed by atoms with Crippen LogP contribution < -0.4 is 26.4 Å². The van der Waals surface area contributed by atoms with Crippen molar-refractivity contribution in [1.82, 2.24) is 10.3 Å². The molecule has 1 atom stereocenters. The van der Waals surface area contributed by atoms with Crippen molar-refractivity contribution in [2.75, 3.05) is 29.6 Å². The summed E-state index contributed by atoms with van der Waals surface area (Å²) in [6.45, 7) is 4.13. The lowest BCUT2D eigenvalue weighted by Gasteiger charge is -2.18. The van der Waals surface area contributed by atoms with Gasteiger partial charge in [0, 0.05) is 30.9 Å². The molecule has 1 aromatic carbocycles. The van der Waals surface area contributed by atoms with Crippen molar-refractivity contribution >= 4 is 104 Å². The summed E-state index contributed by atoms with van der Waals surface area (Å²) in [5.74, 6) is -0.193. The fourth-order valence-electron chi connectivity index (χ4n) is 2.76. The number of aliphatic imine (C=N–C) groups is 1. The van der Waals surface area contributed by atoms with E-state index in [9.17, 15) is 4.79 Å². The number of hydrogen-bond donors (Lipinski definition) is 4. The van der Waals surface area contributed by atoms with Gasteiger partial charge in [0.25, 0.3) is 0 Å². The Bertz CT molecular complexity index is 1280. The molecule has 0 amide bonds. The fourth-order valence-corrected chi connectivity index (χ4v) is 3.96. The van der Waals surface area contributed by atoms with Gasteiger partial charge in [0.05, 0.1) is 50.5 Å². The molecule has 5 N–H and O–H groups in total. The van der Waals surface area contributed by atoms with Gasteiger partial charge in [0.2, 0.25) is 5.00 Å². The molecule has 0 radical (unpaired) electrons. The summed E-state index contributed by atoms with van der Waals surface area (Å²) < 4.78 is 10.5.